The maximum Gasteiger partial charge on any atom is 0.335 e. The molecule has 2 aromatic rings. The van der Waals surface area contributed by atoms with Gasteiger partial charge in [-0.1, -0.05) is 17.7 Å². The van der Waals surface area contributed by atoms with E-state index in [9.17, 15) is 14.7 Å². The summed E-state index contributed by atoms with van der Waals surface area (Å²) in [5.41, 5.74) is 1.25. The second-order valence-electron chi connectivity index (χ2n) is 4.46. The smallest absolute Gasteiger partial charge is 0.335 e. The van der Waals surface area contributed by atoms with Gasteiger partial charge in [0.05, 0.1) is 11.3 Å². The van der Waals surface area contributed by atoms with Crippen molar-refractivity contribution >= 4 is 29.2 Å². The van der Waals surface area contributed by atoms with Crippen LogP contribution >= 0.6 is 11.6 Å². The lowest BCUT2D eigenvalue weighted by Gasteiger charge is -2.09. The Morgan fingerprint density at radius 3 is 2.33 bits per heavy atom. The summed E-state index contributed by atoms with van der Waals surface area (Å²) < 4.78 is 0. The largest absolute Gasteiger partial charge is 0.506 e. The topological polar surface area (TPSA) is 86.6 Å². The highest BCUT2D eigenvalue weighted by molar-refractivity contribution is 6.31. The van der Waals surface area contributed by atoms with E-state index in [0.717, 1.165) is 11.6 Å². The summed E-state index contributed by atoms with van der Waals surface area (Å²) in [7, 11) is 0. The van der Waals surface area contributed by atoms with E-state index in [4.69, 9.17) is 16.7 Å². The molecule has 0 saturated carbocycles. The zero-order chi connectivity index (χ0) is 15.6. The third kappa shape index (κ3) is 3.32. The minimum Gasteiger partial charge on any atom is -0.506 e. The molecule has 0 aliphatic rings. The minimum absolute atomic E-state index is 0.0659. The minimum atomic E-state index is -1.16. The third-order valence-electron chi connectivity index (χ3n) is 2.93. The summed E-state index contributed by atoms with van der Waals surface area (Å²) in [4.78, 5) is 22.8. The van der Waals surface area contributed by atoms with Crippen LogP contribution in [-0.2, 0) is 0 Å². The van der Waals surface area contributed by atoms with Crippen LogP contribution in [0.4, 0.5) is 5.69 Å². The zero-order valence-corrected chi connectivity index (χ0v) is 11.8. The van der Waals surface area contributed by atoms with E-state index >= 15 is 0 Å². The highest BCUT2D eigenvalue weighted by Crippen LogP contribution is 2.25. The van der Waals surface area contributed by atoms with Gasteiger partial charge in [0.2, 0.25) is 0 Å². The molecule has 0 bridgehead atoms. The van der Waals surface area contributed by atoms with Gasteiger partial charge in [-0.2, -0.15) is 0 Å². The molecule has 0 spiro atoms. The molecule has 5 nitrogen and oxygen atoms in total. The molecule has 0 unspecified atom stereocenters. The predicted octanol–water partition coefficient (Wildman–Crippen LogP) is 3.30. The van der Waals surface area contributed by atoms with Crippen molar-refractivity contribution < 1.29 is 19.8 Å². The first kappa shape index (κ1) is 14.9. The van der Waals surface area contributed by atoms with E-state index in [2.05, 4.69) is 5.32 Å². The molecule has 2 aromatic carbocycles. The summed E-state index contributed by atoms with van der Waals surface area (Å²) in [6.45, 7) is 1.82. The Hall–Kier alpha value is -2.53. The average molecular weight is 306 g/mol. The molecule has 2 rings (SSSR count). The van der Waals surface area contributed by atoms with Crippen molar-refractivity contribution in [1.29, 1.82) is 0 Å². The number of phenolic OH excluding ortho intramolecular Hbond substituents is 1. The average Bonchev–Trinajstić information content (AvgIpc) is 2.43. The fourth-order valence-corrected chi connectivity index (χ4v) is 1.88. The molecule has 21 heavy (non-hydrogen) atoms. The number of nitrogens with one attached hydrogen (secondary N) is 1. The van der Waals surface area contributed by atoms with Crippen molar-refractivity contribution in [2.75, 3.05) is 5.32 Å². The number of carboxylic acid groups (broad SMARTS) is 1. The first-order valence-electron chi connectivity index (χ1n) is 6.02. The Labute approximate surface area is 125 Å². The molecule has 0 aromatic heterocycles. The lowest BCUT2D eigenvalue weighted by molar-refractivity contribution is 0.0696. The number of rotatable bonds is 3. The van der Waals surface area contributed by atoms with E-state index < -0.39 is 11.9 Å². The molecule has 0 atom stereocenters. The van der Waals surface area contributed by atoms with Crippen LogP contribution in [0.5, 0.6) is 5.75 Å². The van der Waals surface area contributed by atoms with Gasteiger partial charge in [0, 0.05) is 10.6 Å². The molecule has 0 heterocycles. The molecule has 3 N–H and O–H groups in total. The van der Waals surface area contributed by atoms with E-state index in [0.29, 0.717) is 10.6 Å². The zero-order valence-electron chi connectivity index (χ0n) is 11.1. The van der Waals surface area contributed by atoms with E-state index in [1.54, 1.807) is 12.1 Å². The Balaban J connectivity index is 2.23. The van der Waals surface area contributed by atoms with Crippen LogP contribution in [0.1, 0.15) is 26.3 Å². The fourth-order valence-electron chi connectivity index (χ4n) is 1.70. The molecule has 0 fully saturated rings. The number of phenols is 1. The first-order valence-corrected chi connectivity index (χ1v) is 6.40. The number of carbonyl (C=O) groups excluding carboxylic acids is 1. The fraction of sp³-hybridized carbons (Fsp3) is 0.0667. The van der Waals surface area contributed by atoms with Crippen LogP contribution in [0.15, 0.2) is 36.4 Å². The Bertz CT molecular complexity index is 728. The van der Waals surface area contributed by atoms with Gasteiger partial charge in [-0.05, 0) is 42.8 Å². The molecule has 0 aliphatic heterocycles. The van der Waals surface area contributed by atoms with E-state index in [1.807, 2.05) is 6.92 Å². The first-order chi connectivity index (χ1) is 9.88. The highest BCUT2D eigenvalue weighted by atomic mass is 35.5. The molecule has 0 saturated heterocycles. The number of aryl methyl sites for hydroxylation is 1. The molecular formula is C15H12ClNO4. The molecule has 1 amide bonds. The standard InChI is InChI=1S/C15H12ClNO4/c1-8-2-3-9(6-11(8)16)14(19)17-12-5-4-10(15(20)21)7-13(12)18/h2-7,18H,1H3,(H,17,19)(H,20,21). The van der Waals surface area contributed by atoms with Gasteiger partial charge in [-0.25, -0.2) is 4.79 Å². The van der Waals surface area contributed by atoms with Gasteiger partial charge in [-0.15, -0.1) is 0 Å². The van der Waals surface area contributed by atoms with Crippen LogP contribution in [0.25, 0.3) is 0 Å². The Kier molecular flexibility index (Phi) is 4.14. The molecule has 6 heteroatoms. The van der Waals surface area contributed by atoms with Gasteiger partial charge >= 0.3 is 5.97 Å². The van der Waals surface area contributed by atoms with Crippen molar-refractivity contribution in [3.63, 3.8) is 0 Å². The predicted molar refractivity (Wildman–Crippen MR) is 79.2 cm³/mol. The molecule has 108 valence electrons. The van der Waals surface area contributed by atoms with Crippen LogP contribution < -0.4 is 5.32 Å². The molecule has 0 radical (unpaired) electrons. The summed E-state index contributed by atoms with van der Waals surface area (Å²) in [5.74, 6) is -1.93. The normalized spacial score (nSPS) is 10.2. The monoisotopic (exact) mass is 305 g/mol. The summed E-state index contributed by atoms with van der Waals surface area (Å²) in [5, 5.41) is 21.5. The third-order valence-corrected chi connectivity index (χ3v) is 3.33. The maximum atomic E-state index is 12.1. The number of aromatic carboxylic acids is 1. The van der Waals surface area contributed by atoms with Crippen LogP contribution in [-0.4, -0.2) is 22.1 Å². The number of amides is 1. The Morgan fingerprint density at radius 2 is 1.76 bits per heavy atom. The van der Waals surface area contributed by atoms with Gasteiger partial charge < -0.3 is 15.5 Å². The van der Waals surface area contributed by atoms with Gasteiger partial charge in [0.25, 0.3) is 5.91 Å². The number of hydrogen-bond donors (Lipinski definition) is 3. The maximum absolute atomic E-state index is 12.1. The van der Waals surface area contributed by atoms with Crippen molar-refractivity contribution in [3.8, 4) is 5.75 Å². The summed E-state index contributed by atoms with van der Waals surface area (Å²) >= 11 is 5.95. The number of hydrogen-bond acceptors (Lipinski definition) is 3. The molecule has 0 aliphatic carbocycles. The second kappa shape index (κ2) is 5.85. The van der Waals surface area contributed by atoms with Gasteiger partial charge in [0.1, 0.15) is 5.75 Å². The van der Waals surface area contributed by atoms with Gasteiger partial charge in [-0.3, -0.25) is 4.79 Å². The number of carboxylic acids is 1. The van der Waals surface area contributed by atoms with E-state index in [1.165, 1.54) is 18.2 Å². The number of halogens is 1. The summed E-state index contributed by atoms with van der Waals surface area (Å²) in [6.07, 6.45) is 0. The number of anilines is 1. The van der Waals surface area contributed by atoms with Crippen molar-refractivity contribution in [2.24, 2.45) is 0 Å². The number of carbonyl (C=O) groups is 2. The lowest BCUT2D eigenvalue weighted by atomic mass is 10.1. The van der Waals surface area contributed by atoms with E-state index in [-0.39, 0.29) is 17.0 Å². The second-order valence-corrected chi connectivity index (χ2v) is 4.86. The van der Waals surface area contributed by atoms with Crippen LogP contribution in [0, 0.1) is 6.92 Å². The SMILES string of the molecule is Cc1ccc(C(=O)Nc2ccc(C(=O)O)cc2O)cc1Cl. The summed E-state index contributed by atoms with van der Waals surface area (Å²) in [6, 6.07) is 8.53. The van der Waals surface area contributed by atoms with Crippen LogP contribution in [0.2, 0.25) is 5.02 Å². The highest BCUT2D eigenvalue weighted by Gasteiger charge is 2.12. The van der Waals surface area contributed by atoms with Crippen molar-refractivity contribution in [3.05, 3.63) is 58.1 Å². The van der Waals surface area contributed by atoms with Crippen molar-refractivity contribution in [1.82, 2.24) is 0 Å². The number of aromatic hydroxyl groups is 1. The van der Waals surface area contributed by atoms with Crippen molar-refractivity contribution in [2.45, 2.75) is 6.92 Å². The van der Waals surface area contributed by atoms with Crippen LogP contribution in [0.3, 0.4) is 0 Å². The lowest BCUT2D eigenvalue weighted by Crippen LogP contribution is -2.12. The Morgan fingerprint density at radius 1 is 1.10 bits per heavy atom. The number of benzene rings is 2. The molecular weight excluding hydrogens is 294 g/mol. The quantitative estimate of drug-likeness (QED) is 0.759. The van der Waals surface area contributed by atoms with Gasteiger partial charge in [0.15, 0.2) is 0 Å².